The molecule has 1 heterocycles. The minimum Gasteiger partial charge on any atom is -0.481 e. The summed E-state index contributed by atoms with van der Waals surface area (Å²) in [6.07, 6.45) is 7.30. The highest BCUT2D eigenvalue weighted by molar-refractivity contribution is 8.03. The molecule has 0 atom stereocenters. The van der Waals surface area contributed by atoms with Crippen molar-refractivity contribution in [3.05, 3.63) is 76.8 Å². The van der Waals surface area contributed by atoms with Crippen LogP contribution in [0.25, 0.3) is 5.57 Å². The molecule has 2 aromatic rings. The number of aliphatic carboxylic acids is 2. The third kappa shape index (κ3) is 7.08. The van der Waals surface area contributed by atoms with Crippen LogP contribution >= 0.6 is 11.8 Å². The number of rotatable bonds is 11. The Labute approximate surface area is 198 Å². The van der Waals surface area contributed by atoms with Crippen LogP contribution in [-0.2, 0) is 9.59 Å². The summed E-state index contributed by atoms with van der Waals surface area (Å²) in [5.41, 5.74) is 4.33. The molecule has 172 valence electrons. The van der Waals surface area contributed by atoms with Gasteiger partial charge < -0.3 is 15.1 Å². The first-order valence-corrected chi connectivity index (χ1v) is 11.7. The number of carboxylic acids is 2. The first-order valence-electron chi connectivity index (χ1n) is 10.9. The highest BCUT2D eigenvalue weighted by Crippen LogP contribution is 2.46. The maximum Gasteiger partial charge on any atom is 0.305 e. The van der Waals surface area contributed by atoms with Crippen LogP contribution in [0.1, 0.15) is 36.8 Å². The molecule has 0 saturated carbocycles. The van der Waals surface area contributed by atoms with E-state index in [1.807, 2.05) is 30.3 Å². The number of nitrogens with zero attached hydrogens (tertiary/aromatic N) is 2. The number of aryl methyl sites for hydroxylation is 1. The van der Waals surface area contributed by atoms with Crippen molar-refractivity contribution in [3.8, 4) is 0 Å². The van der Waals surface area contributed by atoms with Crippen molar-refractivity contribution in [1.82, 2.24) is 0 Å². The van der Waals surface area contributed by atoms with Crippen molar-refractivity contribution in [2.45, 2.75) is 37.5 Å². The van der Waals surface area contributed by atoms with Gasteiger partial charge in [-0.25, -0.2) is 0 Å². The number of unbranched alkanes of at least 4 members (excludes halogenated alkanes) is 1. The van der Waals surface area contributed by atoms with E-state index in [4.69, 9.17) is 10.2 Å². The number of hydrogen-bond donors (Lipinski definition) is 2. The van der Waals surface area contributed by atoms with E-state index in [-0.39, 0.29) is 19.4 Å². The van der Waals surface area contributed by atoms with Gasteiger partial charge in [-0.2, -0.15) is 0 Å². The molecule has 6 nitrogen and oxygen atoms in total. The molecule has 33 heavy (non-hydrogen) atoms. The van der Waals surface area contributed by atoms with Gasteiger partial charge in [0.1, 0.15) is 0 Å². The van der Waals surface area contributed by atoms with Crippen LogP contribution in [0.3, 0.4) is 0 Å². The fraction of sp³-hybridized carbons (Fsp3) is 0.269. The number of carbonyl (C=O) groups is 2. The van der Waals surface area contributed by atoms with Gasteiger partial charge in [0, 0.05) is 30.6 Å². The summed E-state index contributed by atoms with van der Waals surface area (Å²) in [5, 5.41) is 18.8. The Bertz CT molecular complexity index is 1090. The SMILES string of the molecule is Cc1ccccc1C(=C\C=NCCC(=O)O)/C=C1\Sc2ccccc2N1CCCCC(=O)O. The summed E-state index contributed by atoms with van der Waals surface area (Å²) in [4.78, 5) is 29.3. The molecule has 0 aliphatic carbocycles. The number of allylic oxidation sites excluding steroid dienone is 3. The Hall–Kier alpha value is -3.32. The number of anilines is 1. The van der Waals surface area contributed by atoms with Crippen LogP contribution in [0.5, 0.6) is 0 Å². The van der Waals surface area contributed by atoms with Gasteiger partial charge in [0.2, 0.25) is 0 Å². The molecule has 2 aromatic carbocycles. The second-order valence-electron chi connectivity index (χ2n) is 7.69. The molecule has 0 saturated heterocycles. The molecule has 0 amide bonds. The van der Waals surface area contributed by atoms with Crippen LogP contribution in [-0.4, -0.2) is 41.5 Å². The van der Waals surface area contributed by atoms with E-state index < -0.39 is 11.9 Å². The second kappa shape index (κ2) is 12.1. The lowest BCUT2D eigenvalue weighted by Crippen LogP contribution is -2.19. The van der Waals surface area contributed by atoms with Crippen molar-refractivity contribution in [2.24, 2.45) is 4.99 Å². The predicted octanol–water partition coefficient (Wildman–Crippen LogP) is 5.63. The van der Waals surface area contributed by atoms with Crippen molar-refractivity contribution in [2.75, 3.05) is 18.0 Å². The summed E-state index contributed by atoms with van der Waals surface area (Å²) in [5.74, 6) is -1.63. The topological polar surface area (TPSA) is 90.2 Å². The molecule has 0 radical (unpaired) electrons. The van der Waals surface area contributed by atoms with E-state index in [0.717, 1.165) is 40.4 Å². The molecule has 0 spiro atoms. The summed E-state index contributed by atoms with van der Waals surface area (Å²) in [7, 11) is 0. The molecule has 1 aliphatic rings. The average molecular weight is 465 g/mol. The fourth-order valence-electron chi connectivity index (χ4n) is 3.55. The lowest BCUT2D eigenvalue weighted by atomic mass is 10.0. The fourth-order valence-corrected chi connectivity index (χ4v) is 4.69. The highest BCUT2D eigenvalue weighted by Gasteiger charge is 2.24. The third-order valence-electron chi connectivity index (χ3n) is 5.21. The smallest absolute Gasteiger partial charge is 0.305 e. The van der Waals surface area contributed by atoms with Gasteiger partial charge in [-0.15, -0.1) is 0 Å². The van der Waals surface area contributed by atoms with Crippen LogP contribution in [0, 0.1) is 6.92 Å². The molecular weight excluding hydrogens is 436 g/mol. The summed E-state index contributed by atoms with van der Waals surface area (Å²) >= 11 is 1.69. The third-order valence-corrected chi connectivity index (χ3v) is 6.32. The van der Waals surface area contributed by atoms with E-state index in [9.17, 15) is 9.59 Å². The maximum atomic E-state index is 10.9. The maximum absolute atomic E-state index is 10.9. The van der Waals surface area contributed by atoms with E-state index in [2.05, 4.69) is 47.2 Å². The van der Waals surface area contributed by atoms with E-state index in [1.165, 1.54) is 4.90 Å². The lowest BCUT2D eigenvalue weighted by Gasteiger charge is -2.21. The minimum absolute atomic E-state index is 0.000406. The Morgan fingerprint density at radius 1 is 1.00 bits per heavy atom. The standard InChI is InChI=1S/C26H28N2O4S/c1-19-8-2-3-9-21(19)20(13-15-27-16-14-26(31)32)18-24-28(17-7-6-12-25(29)30)22-10-4-5-11-23(22)33-24/h2-5,8-11,13,15,18H,6-7,12,14,16-17H2,1H3,(H,29,30)(H,31,32)/b20-13-,24-18-,27-15?. The zero-order valence-corrected chi connectivity index (χ0v) is 19.4. The first kappa shape index (κ1) is 24.3. The first-order chi connectivity index (χ1) is 16.0. The molecule has 0 aromatic heterocycles. The number of thioether (sulfide) groups is 1. The Kier molecular flexibility index (Phi) is 8.89. The number of benzene rings is 2. The van der Waals surface area contributed by atoms with Gasteiger partial charge in [0.15, 0.2) is 0 Å². The monoisotopic (exact) mass is 464 g/mol. The summed E-state index contributed by atoms with van der Waals surface area (Å²) in [6.45, 7) is 3.03. The van der Waals surface area contributed by atoms with Gasteiger partial charge in [-0.1, -0.05) is 48.2 Å². The number of aliphatic imine (C=N–C) groups is 1. The Morgan fingerprint density at radius 2 is 1.73 bits per heavy atom. The van der Waals surface area contributed by atoms with Gasteiger partial charge in [-0.05, 0) is 60.8 Å². The van der Waals surface area contributed by atoms with E-state index in [0.29, 0.717) is 6.42 Å². The van der Waals surface area contributed by atoms with E-state index >= 15 is 0 Å². The molecule has 0 bridgehead atoms. The number of fused-ring (bicyclic) bond motifs is 1. The van der Waals surface area contributed by atoms with Gasteiger partial charge in [0.25, 0.3) is 0 Å². The second-order valence-corrected chi connectivity index (χ2v) is 8.75. The number of para-hydroxylation sites is 1. The minimum atomic E-state index is -0.865. The summed E-state index contributed by atoms with van der Waals surface area (Å²) < 4.78 is 0. The normalized spacial score (nSPS) is 14.8. The predicted molar refractivity (Wildman–Crippen MR) is 134 cm³/mol. The molecule has 7 heteroatoms. The highest BCUT2D eigenvalue weighted by atomic mass is 32.2. The van der Waals surface area contributed by atoms with Crippen molar-refractivity contribution in [3.63, 3.8) is 0 Å². The van der Waals surface area contributed by atoms with E-state index in [1.54, 1.807) is 18.0 Å². The average Bonchev–Trinajstić information content (AvgIpc) is 3.13. The summed E-state index contributed by atoms with van der Waals surface area (Å²) in [6, 6.07) is 16.3. The zero-order valence-electron chi connectivity index (χ0n) is 18.6. The molecule has 0 fully saturated rings. The molecule has 0 unspecified atom stereocenters. The van der Waals surface area contributed by atoms with Crippen molar-refractivity contribution >= 4 is 41.2 Å². The van der Waals surface area contributed by atoms with Gasteiger partial charge in [0.05, 0.1) is 17.1 Å². The van der Waals surface area contributed by atoms with Crippen molar-refractivity contribution < 1.29 is 19.8 Å². The zero-order chi connectivity index (χ0) is 23.6. The van der Waals surface area contributed by atoms with Crippen molar-refractivity contribution in [1.29, 1.82) is 0 Å². The Morgan fingerprint density at radius 3 is 2.48 bits per heavy atom. The molecule has 2 N–H and O–H groups in total. The lowest BCUT2D eigenvalue weighted by molar-refractivity contribution is -0.138. The largest absolute Gasteiger partial charge is 0.481 e. The molecule has 3 rings (SSSR count). The van der Waals surface area contributed by atoms with Crippen LogP contribution in [0.4, 0.5) is 5.69 Å². The van der Waals surface area contributed by atoms with Crippen LogP contribution in [0.15, 0.2) is 75.6 Å². The van der Waals surface area contributed by atoms with Crippen LogP contribution in [0.2, 0.25) is 0 Å². The molecule has 1 aliphatic heterocycles. The quantitative estimate of drug-likeness (QED) is 0.331. The molecular formula is C26H28N2O4S. The number of hydrogen-bond acceptors (Lipinski definition) is 5. The van der Waals surface area contributed by atoms with Gasteiger partial charge >= 0.3 is 11.9 Å². The number of carboxylic acid groups (broad SMARTS) is 2. The van der Waals surface area contributed by atoms with Crippen LogP contribution < -0.4 is 4.90 Å². The van der Waals surface area contributed by atoms with Gasteiger partial charge in [-0.3, -0.25) is 14.6 Å². The Balaban J connectivity index is 1.90.